The number of aromatic amines is 1. The van der Waals surface area contributed by atoms with Gasteiger partial charge in [-0.25, -0.2) is 0 Å². The Labute approximate surface area is 169 Å². The minimum Gasteiger partial charge on any atom is -0.378 e. The molecule has 2 N–H and O–H groups in total. The van der Waals surface area contributed by atoms with Crippen LogP contribution >= 0.6 is 0 Å². The number of hydrogen-bond acceptors (Lipinski definition) is 7. The molecule has 1 saturated heterocycles. The molecular weight excluding hydrogens is 370 g/mol. The largest absolute Gasteiger partial charge is 0.378 e. The molecule has 1 amide bonds. The number of nitrogens with one attached hydrogen (secondary N) is 2. The molecule has 3 heterocycles. The summed E-state index contributed by atoms with van der Waals surface area (Å²) in [5.41, 5.74) is 2.00. The van der Waals surface area contributed by atoms with E-state index in [1.165, 1.54) is 0 Å². The van der Waals surface area contributed by atoms with Gasteiger partial charge in [0, 0.05) is 44.3 Å². The lowest BCUT2D eigenvalue weighted by atomic mass is 10.1. The number of fused-ring (bicyclic) bond motifs is 1. The van der Waals surface area contributed by atoms with Crippen molar-refractivity contribution < 1.29 is 9.53 Å². The van der Waals surface area contributed by atoms with Crippen LogP contribution in [0.4, 0.5) is 11.9 Å². The Morgan fingerprint density at radius 2 is 2.00 bits per heavy atom. The molecule has 1 aliphatic heterocycles. The van der Waals surface area contributed by atoms with Gasteiger partial charge in [-0.3, -0.25) is 4.79 Å². The maximum atomic E-state index is 12.5. The summed E-state index contributed by atoms with van der Waals surface area (Å²) in [7, 11) is 3.77. The van der Waals surface area contributed by atoms with E-state index >= 15 is 0 Å². The smallest absolute Gasteiger partial charge is 0.230 e. The van der Waals surface area contributed by atoms with E-state index in [0.717, 1.165) is 29.6 Å². The minimum atomic E-state index is -0.0745. The molecule has 9 heteroatoms. The SMILES string of the molecule is CN(C)c1nc(CNC(=O)Cc2c[nH]c3ccccc23)nc(N2CCOCC2)n1. The van der Waals surface area contributed by atoms with Crippen molar-refractivity contribution in [2.45, 2.75) is 13.0 Å². The van der Waals surface area contributed by atoms with Gasteiger partial charge in [-0.2, -0.15) is 15.0 Å². The first-order chi connectivity index (χ1) is 14.1. The standard InChI is InChI=1S/C20H25N7O2/c1-26(2)19-23-17(24-20(25-19)27-7-9-29-10-8-27)13-22-18(28)11-14-12-21-16-6-4-3-5-15(14)16/h3-6,12,21H,7-11,13H2,1-2H3,(H,22,28). The summed E-state index contributed by atoms with van der Waals surface area (Å²) in [5, 5.41) is 3.99. The molecule has 1 aromatic carbocycles. The Morgan fingerprint density at radius 1 is 1.21 bits per heavy atom. The summed E-state index contributed by atoms with van der Waals surface area (Å²) in [6.07, 6.45) is 2.18. The van der Waals surface area contributed by atoms with Crippen molar-refractivity contribution in [2.24, 2.45) is 0 Å². The van der Waals surface area contributed by atoms with Crippen LogP contribution in [0, 0.1) is 0 Å². The van der Waals surface area contributed by atoms with Crippen LogP contribution in [0.1, 0.15) is 11.4 Å². The fourth-order valence-electron chi connectivity index (χ4n) is 3.27. The van der Waals surface area contributed by atoms with Crippen LogP contribution in [0.25, 0.3) is 10.9 Å². The van der Waals surface area contributed by atoms with Crippen molar-refractivity contribution in [2.75, 3.05) is 50.2 Å². The first-order valence-corrected chi connectivity index (χ1v) is 9.67. The minimum absolute atomic E-state index is 0.0745. The van der Waals surface area contributed by atoms with Gasteiger partial charge in [0.05, 0.1) is 26.2 Å². The number of anilines is 2. The van der Waals surface area contributed by atoms with E-state index in [2.05, 4.69) is 30.2 Å². The summed E-state index contributed by atoms with van der Waals surface area (Å²) < 4.78 is 5.41. The number of amides is 1. The number of aromatic nitrogens is 4. The first kappa shape index (κ1) is 19.1. The molecule has 0 atom stereocenters. The average Bonchev–Trinajstić information content (AvgIpc) is 3.15. The molecule has 0 radical (unpaired) electrons. The second-order valence-electron chi connectivity index (χ2n) is 7.16. The number of nitrogens with zero attached hydrogens (tertiary/aromatic N) is 5. The number of H-pyrrole nitrogens is 1. The predicted molar refractivity (Wildman–Crippen MR) is 111 cm³/mol. The lowest BCUT2D eigenvalue weighted by molar-refractivity contribution is -0.120. The predicted octanol–water partition coefficient (Wildman–Crippen LogP) is 1.11. The number of carbonyl (C=O) groups is 1. The number of morpholine rings is 1. The zero-order chi connectivity index (χ0) is 20.2. The van der Waals surface area contributed by atoms with Gasteiger partial charge in [0.2, 0.25) is 17.8 Å². The summed E-state index contributed by atoms with van der Waals surface area (Å²) in [5.74, 6) is 1.65. The van der Waals surface area contributed by atoms with Gasteiger partial charge in [0.1, 0.15) is 0 Å². The maximum absolute atomic E-state index is 12.5. The van der Waals surface area contributed by atoms with E-state index in [0.29, 0.717) is 37.4 Å². The second kappa shape index (κ2) is 8.44. The van der Waals surface area contributed by atoms with Gasteiger partial charge in [-0.05, 0) is 11.6 Å². The van der Waals surface area contributed by atoms with E-state index in [1.807, 2.05) is 49.5 Å². The van der Waals surface area contributed by atoms with Crippen LogP contribution in [-0.4, -0.2) is 66.2 Å². The van der Waals surface area contributed by atoms with Crippen LogP contribution in [0.5, 0.6) is 0 Å². The van der Waals surface area contributed by atoms with Gasteiger partial charge in [-0.15, -0.1) is 0 Å². The van der Waals surface area contributed by atoms with E-state index < -0.39 is 0 Å². The molecule has 0 bridgehead atoms. The van der Waals surface area contributed by atoms with Crippen molar-refractivity contribution >= 4 is 28.7 Å². The van der Waals surface area contributed by atoms with Crippen LogP contribution in [0.3, 0.4) is 0 Å². The molecule has 3 aromatic rings. The topological polar surface area (TPSA) is 99.3 Å². The summed E-state index contributed by atoms with van der Waals surface area (Å²) in [4.78, 5) is 33.2. The fourth-order valence-corrected chi connectivity index (χ4v) is 3.27. The van der Waals surface area contributed by atoms with Gasteiger partial charge in [0.15, 0.2) is 5.82 Å². The van der Waals surface area contributed by atoms with Crippen molar-refractivity contribution in [1.82, 2.24) is 25.3 Å². The van der Waals surface area contributed by atoms with E-state index in [9.17, 15) is 4.79 Å². The van der Waals surface area contributed by atoms with Gasteiger partial charge in [0.25, 0.3) is 0 Å². The Balaban J connectivity index is 1.45. The lowest BCUT2D eigenvalue weighted by Crippen LogP contribution is -2.38. The number of rotatable bonds is 6. The van der Waals surface area contributed by atoms with E-state index in [-0.39, 0.29) is 12.5 Å². The molecule has 0 saturated carbocycles. The molecule has 29 heavy (non-hydrogen) atoms. The molecule has 9 nitrogen and oxygen atoms in total. The number of hydrogen-bond donors (Lipinski definition) is 2. The summed E-state index contributed by atoms with van der Waals surface area (Å²) >= 11 is 0. The number of benzene rings is 1. The summed E-state index contributed by atoms with van der Waals surface area (Å²) in [6, 6.07) is 7.95. The van der Waals surface area contributed by atoms with Crippen molar-refractivity contribution in [3.63, 3.8) is 0 Å². The van der Waals surface area contributed by atoms with Gasteiger partial charge >= 0.3 is 0 Å². The third kappa shape index (κ3) is 4.45. The third-order valence-electron chi connectivity index (χ3n) is 4.82. The number of ether oxygens (including phenoxy) is 1. The Morgan fingerprint density at radius 3 is 2.79 bits per heavy atom. The highest BCUT2D eigenvalue weighted by Crippen LogP contribution is 2.18. The van der Waals surface area contributed by atoms with Gasteiger partial charge < -0.3 is 24.8 Å². The van der Waals surface area contributed by atoms with E-state index in [4.69, 9.17) is 4.74 Å². The summed E-state index contributed by atoms with van der Waals surface area (Å²) in [6.45, 7) is 3.04. The van der Waals surface area contributed by atoms with Crippen molar-refractivity contribution in [1.29, 1.82) is 0 Å². The number of para-hydroxylation sites is 1. The number of carbonyl (C=O) groups excluding carboxylic acids is 1. The highest BCUT2D eigenvalue weighted by Gasteiger charge is 2.17. The van der Waals surface area contributed by atoms with Crippen LogP contribution in [0.2, 0.25) is 0 Å². The Kier molecular flexibility index (Phi) is 5.57. The van der Waals surface area contributed by atoms with Crippen LogP contribution < -0.4 is 15.1 Å². The molecule has 4 rings (SSSR count). The first-order valence-electron chi connectivity index (χ1n) is 9.67. The Hall–Kier alpha value is -3.20. The quantitative estimate of drug-likeness (QED) is 0.645. The monoisotopic (exact) mass is 395 g/mol. The average molecular weight is 395 g/mol. The highest BCUT2D eigenvalue weighted by molar-refractivity contribution is 5.88. The lowest BCUT2D eigenvalue weighted by Gasteiger charge is -2.27. The second-order valence-corrected chi connectivity index (χ2v) is 7.16. The fraction of sp³-hybridized carbons (Fsp3) is 0.400. The molecule has 1 fully saturated rings. The molecular formula is C20H25N7O2. The maximum Gasteiger partial charge on any atom is 0.230 e. The molecule has 152 valence electrons. The highest BCUT2D eigenvalue weighted by atomic mass is 16.5. The van der Waals surface area contributed by atoms with Crippen molar-refractivity contribution in [3.8, 4) is 0 Å². The zero-order valence-electron chi connectivity index (χ0n) is 16.7. The normalized spacial score (nSPS) is 14.2. The molecule has 2 aromatic heterocycles. The Bertz CT molecular complexity index is 995. The molecule has 0 spiro atoms. The van der Waals surface area contributed by atoms with Crippen LogP contribution in [-0.2, 0) is 22.5 Å². The van der Waals surface area contributed by atoms with Crippen molar-refractivity contribution in [3.05, 3.63) is 41.9 Å². The molecule has 0 unspecified atom stereocenters. The zero-order valence-corrected chi connectivity index (χ0v) is 16.7. The molecule has 1 aliphatic rings. The van der Waals surface area contributed by atoms with Crippen LogP contribution in [0.15, 0.2) is 30.5 Å². The van der Waals surface area contributed by atoms with E-state index in [1.54, 1.807) is 0 Å². The third-order valence-corrected chi connectivity index (χ3v) is 4.82. The van der Waals surface area contributed by atoms with Gasteiger partial charge in [-0.1, -0.05) is 18.2 Å². The molecule has 0 aliphatic carbocycles.